The molecular weight excluding hydrogens is 219 g/mol. The molecule has 1 saturated carbocycles. The SMILES string of the molecule is C[C@@H](NC1CC1)c1cc(Cl)nc(Cl)c1. The maximum absolute atomic E-state index is 5.82. The minimum absolute atomic E-state index is 0.292. The van der Waals surface area contributed by atoms with Crippen LogP contribution in [0.3, 0.4) is 0 Å². The second kappa shape index (κ2) is 4.05. The van der Waals surface area contributed by atoms with Crippen LogP contribution >= 0.6 is 23.2 Å². The number of aromatic nitrogens is 1. The van der Waals surface area contributed by atoms with Gasteiger partial charge in [0.1, 0.15) is 10.3 Å². The van der Waals surface area contributed by atoms with Gasteiger partial charge in [-0.15, -0.1) is 0 Å². The smallest absolute Gasteiger partial charge is 0.131 e. The zero-order valence-electron chi connectivity index (χ0n) is 7.93. The Morgan fingerprint density at radius 1 is 1.36 bits per heavy atom. The minimum atomic E-state index is 0.292. The molecule has 0 radical (unpaired) electrons. The lowest BCUT2D eigenvalue weighted by Crippen LogP contribution is -2.20. The average molecular weight is 231 g/mol. The largest absolute Gasteiger partial charge is 0.307 e. The van der Waals surface area contributed by atoms with E-state index in [0.717, 1.165) is 5.56 Å². The summed E-state index contributed by atoms with van der Waals surface area (Å²) in [5.74, 6) is 0. The Balaban J connectivity index is 2.12. The lowest BCUT2D eigenvalue weighted by Gasteiger charge is -2.13. The van der Waals surface area contributed by atoms with E-state index in [1.807, 2.05) is 12.1 Å². The number of nitrogens with zero attached hydrogens (tertiary/aromatic N) is 1. The van der Waals surface area contributed by atoms with Gasteiger partial charge in [0.15, 0.2) is 0 Å². The molecule has 0 unspecified atom stereocenters. The van der Waals surface area contributed by atoms with E-state index in [9.17, 15) is 0 Å². The number of halogens is 2. The highest BCUT2D eigenvalue weighted by Crippen LogP contribution is 2.25. The number of pyridine rings is 1. The Morgan fingerprint density at radius 2 is 1.93 bits per heavy atom. The van der Waals surface area contributed by atoms with Gasteiger partial charge in [-0.3, -0.25) is 0 Å². The van der Waals surface area contributed by atoms with E-state index < -0.39 is 0 Å². The lowest BCUT2D eigenvalue weighted by molar-refractivity contribution is 0.570. The van der Waals surface area contributed by atoms with Gasteiger partial charge in [-0.25, -0.2) is 4.98 Å². The van der Waals surface area contributed by atoms with Crippen LogP contribution in [-0.2, 0) is 0 Å². The minimum Gasteiger partial charge on any atom is -0.307 e. The predicted molar refractivity (Wildman–Crippen MR) is 58.8 cm³/mol. The number of rotatable bonds is 3. The summed E-state index contributed by atoms with van der Waals surface area (Å²) in [4.78, 5) is 3.91. The van der Waals surface area contributed by atoms with E-state index in [2.05, 4.69) is 17.2 Å². The van der Waals surface area contributed by atoms with Crippen molar-refractivity contribution in [3.63, 3.8) is 0 Å². The van der Waals surface area contributed by atoms with Gasteiger partial charge >= 0.3 is 0 Å². The summed E-state index contributed by atoms with van der Waals surface area (Å²) in [5.41, 5.74) is 1.10. The third-order valence-corrected chi connectivity index (χ3v) is 2.74. The summed E-state index contributed by atoms with van der Waals surface area (Å²) in [7, 11) is 0. The first-order valence-corrected chi connectivity index (χ1v) is 5.50. The van der Waals surface area contributed by atoms with Crippen LogP contribution in [0.25, 0.3) is 0 Å². The number of nitrogens with one attached hydrogen (secondary N) is 1. The van der Waals surface area contributed by atoms with Gasteiger partial charge in [0.05, 0.1) is 0 Å². The van der Waals surface area contributed by atoms with E-state index in [1.54, 1.807) is 0 Å². The summed E-state index contributed by atoms with van der Waals surface area (Å²) in [6.45, 7) is 2.11. The lowest BCUT2D eigenvalue weighted by atomic mass is 10.1. The molecule has 0 amide bonds. The van der Waals surface area contributed by atoms with Crippen LogP contribution < -0.4 is 5.32 Å². The molecule has 1 atom stereocenters. The normalized spacial score (nSPS) is 18.2. The summed E-state index contributed by atoms with van der Waals surface area (Å²) >= 11 is 11.6. The van der Waals surface area contributed by atoms with Crippen molar-refractivity contribution in [1.82, 2.24) is 10.3 Å². The van der Waals surface area contributed by atoms with Crippen molar-refractivity contribution < 1.29 is 0 Å². The molecule has 1 N–H and O–H groups in total. The first-order chi connectivity index (χ1) is 6.65. The second-order valence-electron chi connectivity index (χ2n) is 3.71. The van der Waals surface area contributed by atoms with Crippen LogP contribution in [0.15, 0.2) is 12.1 Å². The molecule has 76 valence electrons. The fourth-order valence-electron chi connectivity index (χ4n) is 1.43. The van der Waals surface area contributed by atoms with Crippen molar-refractivity contribution in [2.75, 3.05) is 0 Å². The van der Waals surface area contributed by atoms with Crippen LogP contribution in [0.1, 0.15) is 31.4 Å². The summed E-state index contributed by atoms with van der Waals surface area (Å²) in [6, 6.07) is 4.68. The van der Waals surface area contributed by atoms with Crippen LogP contribution in [-0.4, -0.2) is 11.0 Å². The summed E-state index contributed by atoms with van der Waals surface area (Å²) < 4.78 is 0. The first kappa shape index (κ1) is 10.2. The monoisotopic (exact) mass is 230 g/mol. The molecule has 1 aliphatic rings. The van der Waals surface area contributed by atoms with Gasteiger partial charge in [0.2, 0.25) is 0 Å². The molecule has 1 aromatic heterocycles. The zero-order valence-corrected chi connectivity index (χ0v) is 9.44. The van der Waals surface area contributed by atoms with E-state index in [0.29, 0.717) is 22.4 Å². The highest BCUT2D eigenvalue weighted by Gasteiger charge is 2.23. The molecule has 2 rings (SSSR count). The van der Waals surface area contributed by atoms with Crippen molar-refractivity contribution in [1.29, 1.82) is 0 Å². The molecule has 1 aliphatic carbocycles. The fourth-order valence-corrected chi connectivity index (χ4v) is 1.91. The van der Waals surface area contributed by atoms with Crippen molar-refractivity contribution in [3.05, 3.63) is 28.0 Å². The Bertz CT molecular complexity index is 317. The second-order valence-corrected chi connectivity index (χ2v) is 4.48. The molecule has 1 fully saturated rings. The molecule has 0 aliphatic heterocycles. The van der Waals surface area contributed by atoms with Gasteiger partial charge in [0, 0.05) is 12.1 Å². The highest BCUT2D eigenvalue weighted by atomic mass is 35.5. The van der Waals surface area contributed by atoms with E-state index in [-0.39, 0.29) is 0 Å². The maximum atomic E-state index is 5.82. The summed E-state index contributed by atoms with van der Waals surface area (Å²) in [6.07, 6.45) is 2.55. The third-order valence-electron chi connectivity index (χ3n) is 2.35. The standard InChI is InChI=1S/C10H12Cl2N2/c1-6(13-8-2-3-8)7-4-9(11)14-10(12)5-7/h4-6,8,13H,2-3H2,1H3/t6-/m1/s1. The molecule has 4 heteroatoms. The van der Waals surface area contributed by atoms with Gasteiger partial charge in [0.25, 0.3) is 0 Å². The summed E-state index contributed by atoms with van der Waals surface area (Å²) in [5, 5.41) is 4.39. The molecule has 14 heavy (non-hydrogen) atoms. The molecule has 0 saturated heterocycles. The van der Waals surface area contributed by atoms with Crippen LogP contribution in [0.4, 0.5) is 0 Å². The Morgan fingerprint density at radius 3 is 2.43 bits per heavy atom. The van der Waals surface area contributed by atoms with Crippen LogP contribution in [0.5, 0.6) is 0 Å². The van der Waals surface area contributed by atoms with Gasteiger partial charge in [-0.05, 0) is 37.5 Å². The fraction of sp³-hybridized carbons (Fsp3) is 0.500. The van der Waals surface area contributed by atoms with E-state index in [4.69, 9.17) is 23.2 Å². The van der Waals surface area contributed by atoms with Crippen molar-refractivity contribution >= 4 is 23.2 Å². The molecule has 0 spiro atoms. The van der Waals surface area contributed by atoms with Gasteiger partial charge in [-0.2, -0.15) is 0 Å². The molecule has 1 heterocycles. The molecule has 0 aromatic carbocycles. The van der Waals surface area contributed by atoms with E-state index >= 15 is 0 Å². The Kier molecular flexibility index (Phi) is 2.96. The van der Waals surface area contributed by atoms with Crippen molar-refractivity contribution in [3.8, 4) is 0 Å². The predicted octanol–water partition coefficient (Wildman–Crippen LogP) is 3.20. The quantitative estimate of drug-likeness (QED) is 0.808. The maximum Gasteiger partial charge on any atom is 0.131 e. The molecular formula is C10H12Cl2N2. The third kappa shape index (κ3) is 2.59. The Labute approximate surface area is 93.6 Å². The van der Waals surface area contributed by atoms with Crippen molar-refractivity contribution in [2.24, 2.45) is 0 Å². The topological polar surface area (TPSA) is 24.9 Å². The highest BCUT2D eigenvalue weighted by molar-refractivity contribution is 6.32. The zero-order chi connectivity index (χ0) is 10.1. The number of hydrogen-bond acceptors (Lipinski definition) is 2. The molecule has 0 bridgehead atoms. The Hall–Kier alpha value is -0.310. The van der Waals surface area contributed by atoms with Crippen LogP contribution in [0, 0.1) is 0 Å². The van der Waals surface area contributed by atoms with Gasteiger partial charge in [-0.1, -0.05) is 23.2 Å². The molecule has 1 aromatic rings. The van der Waals surface area contributed by atoms with Crippen LogP contribution in [0.2, 0.25) is 10.3 Å². The van der Waals surface area contributed by atoms with Crippen molar-refractivity contribution in [2.45, 2.75) is 31.8 Å². The number of hydrogen-bond donors (Lipinski definition) is 1. The first-order valence-electron chi connectivity index (χ1n) is 4.74. The van der Waals surface area contributed by atoms with E-state index in [1.165, 1.54) is 12.8 Å². The molecule has 2 nitrogen and oxygen atoms in total. The average Bonchev–Trinajstić information content (AvgIpc) is 2.86. The van der Waals surface area contributed by atoms with Gasteiger partial charge < -0.3 is 5.32 Å².